The summed E-state index contributed by atoms with van der Waals surface area (Å²) >= 11 is 0. The lowest BCUT2D eigenvalue weighted by Gasteiger charge is -2.30. The van der Waals surface area contributed by atoms with E-state index in [2.05, 4.69) is 5.32 Å². The minimum absolute atomic E-state index is 0.463. The number of hydrogen-bond acceptors (Lipinski definition) is 3. The molecule has 2 rings (SSSR count). The Morgan fingerprint density at radius 3 is 2.43 bits per heavy atom. The molecule has 2 aromatic rings. The number of carbonyl (C=O) groups excluding carboxylic acids is 1. The monoisotopic (exact) mass is 284 g/mol. The second-order valence-electron chi connectivity index (χ2n) is 5.18. The zero-order valence-electron chi connectivity index (χ0n) is 12.5. The highest BCUT2D eigenvalue weighted by Gasteiger charge is 2.36. The number of methoxy groups -OCH3 is 1. The number of nitrogens with one attached hydrogen (secondary N) is 1. The molecule has 0 saturated carbocycles. The van der Waals surface area contributed by atoms with E-state index < -0.39 is 11.4 Å². The average molecular weight is 284 g/mol. The number of aryl methyl sites for hydroxylation is 1. The lowest BCUT2D eigenvalue weighted by atomic mass is 9.88. The molecule has 0 aromatic heterocycles. The molecule has 0 bridgehead atoms. The average Bonchev–Trinajstić information content (AvgIpc) is 2.48. The predicted molar refractivity (Wildman–Crippen MR) is 84.3 cm³/mol. The van der Waals surface area contributed by atoms with Crippen LogP contribution in [0, 0.1) is 6.92 Å². The molecule has 0 aliphatic heterocycles. The molecule has 0 aliphatic rings. The zero-order valence-corrected chi connectivity index (χ0v) is 12.5. The number of para-hydroxylation sites is 1. The van der Waals surface area contributed by atoms with Crippen LogP contribution in [0.4, 0.5) is 5.69 Å². The van der Waals surface area contributed by atoms with Gasteiger partial charge in [-0.2, -0.15) is 0 Å². The maximum atomic E-state index is 12.1. The Hall–Kier alpha value is -2.49. The predicted octanol–water partition coefficient (Wildman–Crippen LogP) is 2.82. The van der Waals surface area contributed by atoms with Crippen molar-refractivity contribution in [3.8, 4) is 5.75 Å². The van der Waals surface area contributed by atoms with Crippen LogP contribution in [0.3, 0.4) is 0 Å². The first kappa shape index (κ1) is 14.9. The molecule has 2 aromatic carbocycles. The van der Waals surface area contributed by atoms with E-state index in [9.17, 15) is 4.79 Å². The van der Waals surface area contributed by atoms with Crippen LogP contribution in [0.5, 0.6) is 5.75 Å². The number of primary amides is 1. The highest BCUT2D eigenvalue weighted by Crippen LogP contribution is 2.33. The first-order chi connectivity index (χ1) is 9.97. The third kappa shape index (κ3) is 2.99. The Kier molecular flexibility index (Phi) is 4.17. The molecule has 4 heteroatoms. The van der Waals surface area contributed by atoms with E-state index in [1.807, 2.05) is 55.5 Å². The van der Waals surface area contributed by atoms with Crippen LogP contribution >= 0.6 is 0 Å². The Bertz CT molecular complexity index is 640. The van der Waals surface area contributed by atoms with Crippen LogP contribution in [0.1, 0.15) is 18.1 Å². The second-order valence-corrected chi connectivity index (χ2v) is 5.18. The Labute approximate surface area is 124 Å². The highest BCUT2D eigenvalue weighted by molar-refractivity contribution is 5.89. The van der Waals surface area contributed by atoms with Gasteiger partial charge < -0.3 is 15.8 Å². The van der Waals surface area contributed by atoms with E-state index in [0.717, 1.165) is 16.8 Å². The van der Waals surface area contributed by atoms with Crippen LogP contribution in [-0.4, -0.2) is 13.0 Å². The van der Waals surface area contributed by atoms with Gasteiger partial charge in [0.1, 0.15) is 11.3 Å². The van der Waals surface area contributed by atoms with Gasteiger partial charge in [0.25, 0.3) is 0 Å². The van der Waals surface area contributed by atoms with Crippen molar-refractivity contribution in [1.82, 2.24) is 0 Å². The summed E-state index contributed by atoms with van der Waals surface area (Å²) in [7, 11) is 1.58. The van der Waals surface area contributed by atoms with E-state index in [-0.39, 0.29) is 0 Å². The highest BCUT2D eigenvalue weighted by atomic mass is 16.5. The van der Waals surface area contributed by atoms with E-state index >= 15 is 0 Å². The molecule has 4 nitrogen and oxygen atoms in total. The summed E-state index contributed by atoms with van der Waals surface area (Å²) in [5.41, 5.74) is 7.19. The number of ether oxygens (including phenoxy) is 1. The van der Waals surface area contributed by atoms with Crippen molar-refractivity contribution in [2.24, 2.45) is 5.73 Å². The van der Waals surface area contributed by atoms with E-state index in [1.165, 1.54) is 0 Å². The van der Waals surface area contributed by atoms with Crippen molar-refractivity contribution in [2.45, 2.75) is 19.4 Å². The molecule has 0 spiro atoms. The van der Waals surface area contributed by atoms with E-state index in [1.54, 1.807) is 14.0 Å². The van der Waals surface area contributed by atoms with Gasteiger partial charge >= 0.3 is 0 Å². The largest absolute Gasteiger partial charge is 0.496 e. The molecule has 1 atom stereocenters. The van der Waals surface area contributed by atoms with Crippen molar-refractivity contribution in [2.75, 3.05) is 12.4 Å². The van der Waals surface area contributed by atoms with Gasteiger partial charge in [-0.25, -0.2) is 0 Å². The van der Waals surface area contributed by atoms with Crippen molar-refractivity contribution in [3.63, 3.8) is 0 Å². The molecule has 0 aliphatic carbocycles. The SMILES string of the molecule is COc1ccc(C)cc1C(C)(Nc1ccccc1)C(N)=O. The molecule has 0 radical (unpaired) electrons. The van der Waals surface area contributed by atoms with Crippen LogP contribution in [0.15, 0.2) is 48.5 Å². The van der Waals surface area contributed by atoms with Crippen molar-refractivity contribution < 1.29 is 9.53 Å². The summed E-state index contributed by atoms with van der Waals surface area (Å²) in [6.45, 7) is 3.73. The minimum Gasteiger partial charge on any atom is -0.496 e. The van der Waals surface area contributed by atoms with Crippen molar-refractivity contribution in [1.29, 1.82) is 0 Å². The Balaban J connectivity index is 2.52. The minimum atomic E-state index is -1.06. The molecule has 21 heavy (non-hydrogen) atoms. The van der Waals surface area contributed by atoms with Gasteiger partial charge in [0.05, 0.1) is 7.11 Å². The molecular weight excluding hydrogens is 264 g/mol. The first-order valence-corrected chi connectivity index (χ1v) is 6.75. The molecule has 1 amide bonds. The molecule has 0 heterocycles. The molecule has 0 saturated heterocycles. The number of hydrogen-bond donors (Lipinski definition) is 2. The van der Waals surface area contributed by atoms with Gasteiger partial charge in [0.2, 0.25) is 5.91 Å². The lowest BCUT2D eigenvalue weighted by molar-refractivity contribution is -0.122. The zero-order chi connectivity index (χ0) is 15.5. The fourth-order valence-corrected chi connectivity index (χ4v) is 2.28. The van der Waals surface area contributed by atoms with Gasteiger partial charge in [0, 0.05) is 11.3 Å². The summed E-state index contributed by atoms with van der Waals surface area (Å²) in [4.78, 5) is 12.1. The smallest absolute Gasteiger partial charge is 0.247 e. The number of rotatable bonds is 5. The number of nitrogens with two attached hydrogens (primary N) is 1. The summed E-state index contributed by atoms with van der Waals surface area (Å²) < 4.78 is 5.39. The molecule has 1 unspecified atom stereocenters. The fourth-order valence-electron chi connectivity index (χ4n) is 2.28. The topological polar surface area (TPSA) is 64.3 Å². The van der Waals surface area contributed by atoms with Gasteiger partial charge in [-0.1, -0.05) is 29.8 Å². The quantitative estimate of drug-likeness (QED) is 0.887. The number of anilines is 1. The van der Waals surface area contributed by atoms with Crippen LogP contribution in [0.25, 0.3) is 0 Å². The Morgan fingerprint density at radius 1 is 1.19 bits per heavy atom. The Morgan fingerprint density at radius 2 is 1.86 bits per heavy atom. The van der Waals surface area contributed by atoms with Gasteiger partial charge in [-0.05, 0) is 38.1 Å². The lowest BCUT2D eigenvalue weighted by Crippen LogP contribution is -2.45. The normalized spacial score (nSPS) is 13.3. The van der Waals surface area contributed by atoms with Crippen molar-refractivity contribution >= 4 is 11.6 Å². The van der Waals surface area contributed by atoms with Gasteiger partial charge in [-0.15, -0.1) is 0 Å². The molecule has 0 fully saturated rings. The number of benzene rings is 2. The summed E-state index contributed by atoms with van der Waals surface area (Å²) in [5, 5.41) is 3.22. The van der Waals surface area contributed by atoms with Crippen LogP contribution in [0.2, 0.25) is 0 Å². The molecule has 3 N–H and O–H groups in total. The summed E-state index contributed by atoms with van der Waals surface area (Å²) in [6, 6.07) is 15.2. The van der Waals surface area contributed by atoms with Crippen LogP contribution in [-0.2, 0) is 10.3 Å². The van der Waals surface area contributed by atoms with E-state index in [4.69, 9.17) is 10.5 Å². The second kappa shape index (κ2) is 5.87. The number of amides is 1. The number of carbonyl (C=O) groups is 1. The third-order valence-corrected chi connectivity index (χ3v) is 3.55. The molecular formula is C17H20N2O2. The first-order valence-electron chi connectivity index (χ1n) is 6.75. The van der Waals surface area contributed by atoms with Gasteiger partial charge in [0.15, 0.2) is 0 Å². The van der Waals surface area contributed by atoms with Gasteiger partial charge in [-0.3, -0.25) is 4.79 Å². The van der Waals surface area contributed by atoms with Crippen molar-refractivity contribution in [3.05, 3.63) is 59.7 Å². The van der Waals surface area contributed by atoms with Crippen LogP contribution < -0.4 is 15.8 Å². The fraction of sp³-hybridized carbons (Fsp3) is 0.235. The standard InChI is InChI=1S/C17H20N2O2/c1-12-9-10-15(21-3)14(11-12)17(2,16(18)20)19-13-7-5-4-6-8-13/h4-11,19H,1-3H3,(H2,18,20). The third-order valence-electron chi connectivity index (χ3n) is 3.55. The van der Waals surface area contributed by atoms with E-state index in [0.29, 0.717) is 5.75 Å². The maximum Gasteiger partial charge on any atom is 0.247 e. The summed E-state index contributed by atoms with van der Waals surface area (Å²) in [5.74, 6) is 0.167. The summed E-state index contributed by atoms with van der Waals surface area (Å²) in [6.07, 6.45) is 0. The maximum absolute atomic E-state index is 12.1. The molecule has 110 valence electrons.